The van der Waals surface area contributed by atoms with Crippen molar-refractivity contribution in [2.45, 2.75) is 19.4 Å². The summed E-state index contributed by atoms with van der Waals surface area (Å²) in [4.78, 5) is 10.5. The van der Waals surface area contributed by atoms with E-state index in [1.807, 2.05) is 6.92 Å². The van der Waals surface area contributed by atoms with Crippen LogP contribution >= 0.6 is 15.9 Å². The first-order chi connectivity index (χ1) is 7.04. The molecule has 4 nitrogen and oxygen atoms in total. The number of rotatable bonds is 3. The van der Waals surface area contributed by atoms with Gasteiger partial charge in [-0.15, -0.1) is 0 Å². The lowest BCUT2D eigenvalue weighted by Crippen LogP contribution is -2.11. The molecular weight excluding hydrogens is 262 g/mol. The number of carbonyl (C=O) groups is 1. The van der Waals surface area contributed by atoms with Crippen molar-refractivity contribution in [1.29, 1.82) is 0 Å². The van der Waals surface area contributed by atoms with Gasteiger partial charge in [-0.25, -0.2) is 4.79 Å². The molecule has 0 aliphatic carbocycles. The lowest BCUT2D eigenvalue weighted by Gasteiger charge is -2.13. The molecule has 0 radical (unpaired) electrons. The first-order valence-electron chi connectivity index (χ1n) is 4.52. The molecule has 1 atom stereocenters. The van der Waals surface area contributed by atoms with Crippen molar-refractivity contribution in [3.05, 3.63) is 28.2 Å². The van der Waals surface area contributed by atoms with Gasteiger partial charge in [0.2, 0.25) is 0 Å². The van der Waals surface area contributed by atoms with Crippen molar-refractivity contribution in [3.8, 4) is 0 Å². The molecule has 0 aliphatic rings. The number of carboxylic acid groups (broad SMARTS) is 1. The molecule has 1 aromatic carbocycles. The Kier molecular flexibility index (Phi) is 4.11. The third-order valence-corrected chi connectivity index (χ3v) is 2.50. The van der Waals surface area contributed by atoms with Crippen molar-refractivity contribution in [2.75, 3.05) is 5.32 Å². The molecule has 1 amide bonds. The van der Waals surface area contributed by atoms with Crippen LogP contribution in [0.3, 0.4) is 0 Å². The summed E-state index contributed by atoms with van der Waals surface area (Å²) >= 11 is 3.24. The van der Waals surface area contributed by atoms with Gasteiger partial charge in [-0.05, 0) is 18.6 Å². The number of nitrogens with one attached hydrogen (secondary N) is 1. The van der Waals surface area contributed by atoms with Gasteiger partial charge in [-0.1, -0.05) is 28.9 Å². The van der Waals surface area contributed by atoms with E-state index in [4.69, 9.17) is 5.11 Å². The molecule has 0 bridgehead atoms. The van der Waals surface area contributed by atoms with E-state index in [-0.39, 0.29) is 0 Å². The fraction of sp³-hybridized carbons (Fsp3) is 0.300. The highest BCUT2D eigenvalue weighted by atomic mass is 79.9. The van der Waals surface area contributed by atoms with E-state index < -0.39 is 12.2 Å². The molecule has 1 rings (SSSR count). The second kappa shape index (κ2) is 5.14. The normalized spacial score (nSPS) is 12.2. The Balaban J connectivity index is 3.08. The first kappa shape index (κ1) is 12.0. The van der Waals surface area contributed by atoms with Crippen molar-refractivity contribution < 1.29 is 15.0 Å². The monoisotopic (exact) mass is 273 g/mol. The molecule has 0 saturated carbocycles. The molecule has 82 valence electrons. The Hall–Kier alpha value is -1.07. The molecule has 1 aromatic rings. The second-order valence-corrected chi connectivity index (χ2v) is 4.00. The minimum atomic E-state index is -1.14. The van der Waals surface area contributed by atoms with Crippen LogP contribution in [0.1, 0.15) is 25.0 Å². The summed E-state index contributed by atoms with van der Waals surface area (Å²) in [5.41, 5.74) is 0.995. The quantitative estimate of drug-likeness (QED) is 0.793. The number of benzene rings is 1. The van der Waals surface area contributed by atoms with Gasteiger partial charge in [0.05, 0.1) is 11.8 Å². The van der Waals surface area contributed by atoms with Crippen molar-refractivity contribution in [3.63, 3.8) is 0 Å². The lowest BCUT2D eigenvalue weighted by atomic mass is 10.1. The van der Waals surface area contributed by atoms with Crippen LogP contribution in [0.15, 0.2) is 22.7 Å². The van der Waals surface area contributed by atoms with Gasteiger partial charge in [0.1, 0.15) is 0 Å². The van der Waals surface area contributed by atoms with Crippen molar-refractivity contribution >= 4 is 27.7 Å². The third-order valence-electron chi connectivity index (χ3n) is 2.00. The average Bonchev–Trinajstić information content (AvgIpc) is 2.16. The Labute approximate surface area is 96.1 Å². The van der Waals surface area contributed by atoms with Gasteiger partial charge in [-0.2, -0.15) is 0 Å². The summed E-state index contributed by atoms with van der Waals surface area (Å²) in [6, 6.07) is 5.09. The van der Waals surface area contributed by atoms with Crippen LogP contribution in [0.4, 0.5) is 10.5 Å². The standard InChI is InChI=1S/C10H12BrNO3/c1-2-9(13)7-4-3-6(11)5-8(7)12-10(14)15/h3-5,9,12-13H,2H2,1H3,(H,14,15). The molecule has 3 N–H and O–H groups in total. The Bertz CT molecular complexity index is 368. The van der Waals surface area contributed by atoms with E-state index in [1.54, 1.807) is 18.2 Å². The van der Waals surface area contributed by atoms with Gasteiger partial charge in [0.15, 0.2) is 0 Å². The number of halogens is 1. The fourth-order valence-electron chi connectivity index (χ4n) is 1.26. The van der Waals surface area contributed by atoms with Gasteiger partial charge in [0, 0.05) is 10.0 Å². The first-order valence-corrected chi connectivity index (χ1v) is 5.31. The maximum Gasteiger partial charge on any atom is 0.409 e. The lowest BCUT2D eigenvalue weighted by molar-refractivity contribution is 0.174. The van der Waals surface area contributed by atoms with Crippen LogP contribution in [0.5, 0.6) is 0 Å². The minimum Gasteiger partial charge on any atom is -0.465 e. The maximum atomic E-state index is 10.5. The molecule has 0 aliphatic heterocycles. The van der Waals surface area contributed by atoms with Crippen LogP contribution in [0.2, 0.25) is 0 Å². The molecule has 15 heavy (non-hydrogen) atoms. The van der Waals surface area contributed by atoms with E-state index in [2.05, 4.69) is 21.2 Å². The molecule has 1 unspecified atom stereocenters. The predicted octanol–water partition coefficient (Wildman–Crippen LogP) is 2.98. The summed E-state index contributed by atoms with van der Waals surface area (Å²) in [7, 11) is 0. The predicted molar refractivity (Wildman–Crippen MR) is 61.0 cm³/mol. The van der Waals surface area contributed by atoms with E-state index in [0.717, 1.165) is 4.47 Å². The Morgan fingerprint density at radius 1 is 1.60 bits per heavy atom. The molecule has 5 heteroatoms. The van der Waals surface area contributed by atoms with E-state index in [0.29, 0.717) is 17.7 Å². The fourth-order valence-corrected chi connectivity index (χ4v) is 1.62. The number of hydrogen-bond donors (Lipinski definition) is 3. The van der Waals surface area contributed by atoms with Crippen LogP contribution in [0.25, 0.3) is 0 Å². The summed E-state index contributed by atoms with van der Waals surface area (Å²) in [5, 5.41) is 20.6. The molecule has 0 spiro atoms. The number of aliphatic hydroxyl groups excluding tert-OH is 1. The summed E-state index contributed by atoms with van der Waals surface area (Å²) in [6.07, 6.45) is -1.26. The van der Waals surface area contributed by atoms with Crippen molar-refractivity contribution in [2.24, 2.45) is 0 Å². The zero-order valence-corrected chi connectivity index (χ0v) is 9.78. The largest absolute Gasteiger partial charge is 0.465 e. The molecular formula is C10H12BrNO3. The smallest absolute Gasteiger partial charge is 0.409 e. The van der Waals surface area contributed by atoms with E-state index >= 15 is 0 Å². The molecule has 0 aromatic heterocycles. The van der Waals surface area contributed by atoms with Gasteiger partial charge >= 0.3 is 6.09 Å². The maximum absolute atomic E-state index is 10.5. The molecule has 0 fully saturated rings. The number of aliphatic hydroxyl groups is 1. The van der Waals surface area contributed by atoms with Crippen molar-refractivity contribution in [1.82, 2.24) is 0 Å². The van der Waals surface area contributed by atoms with Crippen LogP contribution in [-0.4, -0.2) is 16.3 Å². The average molecular weight is 274 g/mol. The van der Waals surface area contributed by atoms with E-state index in [1.165, 1.54) is 0 Å². The van der Waals surface area contributed by atoms with E-state index in [9.17, 15) is 9.90 Å². The zero-order valence-electron chi connectivity index (χ0n) is 8.20. The SMILES string of the molecule is CCC(O)c1ccc(Br)cc1NC(=O)O. The zero-order chi connectivity index (χ0) is 11.4. The highest BCUT2D eigenvalue weighted by Gasteiger charge is 2.12. The van der Waals surface area contributed by atoms with Gasteiger partial charge in [-0.3, -0.25) is 5.32 Å². The third kappa shape index (κ3) is 3.21. The highest BCUT2D eigenvalue weighted by Crippen LogP contribution is 2.28. The minimum absolute atomic E-state index is 0.409. The molecule has 0 saturated heterocycles. The number of hydrogen-bond acceptors (Lipinski definition) is 2. The van der Waals surface area contributed by atoms with Gasteiger partial charge < -0.3 is 10.2 Å². The number of amides is 1. The second-order valence-electron chi connectivity index (χ2n) is 3.09. The summed E-state index contributed by atoms with van der Waals surface area (Å²) in [6.45, 7) is 1.83. The van der Waals surface area contributed by atoms with Crippen LogP contribution < -0.4 is 5.32 Å². The molecule has 0 heterocycles. The van der Waals surface area contributed by atoms with Gasteiger partial charge in [0.25, 0.3) is 0 Å². The van der Waals surface area contributed by atoms with Crippen LogP contribution in [-0.2, 0) is 0 Å². The Morgan fingerprint density at radius 3 is 2.80 bits per heavy atom. The number of anilines is 1. The Morgan fingerprint density at radius 2 is 2.27 bits per heavy atom. The van der Waals surface area contributed by atoms with Crippen LogP contribution in [0, 0.1) is 0 Å². The topological polar surface area (TPSA) is 69.6 Å². The highest BCUT2D eigenvalue weighted by molar-refractivity contribution is 9.10. The summed E-state index contributed by atoms with van der Waals surface area (Å²) in [5.74, 6) is 0. The summed E-state index contributed by atoms with van der Waals surface area (Å²) < 4.78 is 0.762.